The monoisotopic (exact) mass is 316 g/mol. The van der Waals surface area contributed by atoms with Crippen molar-refractivity contribution in [2.75, 3.05) is 18.2 Å². The van der Waals surface area contributed by atoms with Crippen molar-refractivity contribution in [2.24, 2.45) is 0 Å². The number of ether oxygens (including phenoxy) is 1. The number of carbonyl (C=O) groups excluding carboxylic acids is 2. The van der Waals surface area contributed by atoms with Crippen LogP contribution in [0.1, 0.15) is 27.6 Å². The van der Waals surface area contributed by atoms with Crippen molar-refractivity contribution in [3.63, 3.8) is 0 Å². The summed E-state index contributed by atoms with van der Waals surface area (Å²) in [6.45, 7) is 2.08. The van der Waals surface area contributed by atoms with Gasteiger partial charge in [0.1, 0.15) is 5.03 Å². The molecule has 0 atom stereocenters. The number of hydrogen-bond acceptors (Lipinski definition) is 5. The topological polar surface area (TPSA) is 68.3 Å². The summed E-state index contributed by atoms with van der Waals surface area (Å²) in [4.78, 5) is 28.0. The van der Waals surface area contributed by atoms with E-state index in [-0.39, 0.29) is 11.9 Å². The Kier molecular flexibility index (Phi) is 5.55. The highest BCUT2D eigenvalue weighted by Gasteiger charge is 2.12. The number of pyridine rings is 1. The Bertz CT molecular complexity index is 671. The fourth-order valence-corrected chi connectivity index (χ4v) is 2.38. The molecular formula is C16H16N2O3S. The normalized spacial score (nSPS) is 10.1. The van der Waals surface area contributed by atoms with Crippen LogP contribution < -0.4 is 5.32 Å². The molecule has 0 fully saturated rings. The first-order chi connectivity index (χ1) is 10.7. The van der Waals surface area contributed by atoms with Crippen molar-refractivity contribution in [1.82, 2.24) is 4.98 Å². The number of nitrogens with zero attached hydrogens (tertiary/aromatic N) is 1. The number of thioether (sulfide) groups is 1. The molecule has 0 saturated heterocycles. The first-order valence-electron chi connectivity index (χ1n) is 6.73. The molecule has 0 unspecified atom stereocenters. The van der Waals surface area contributed by atoms with Gasteiger partial charge in [0.15, 0.2) is 0 Å². The molecule has 1 aromatic carbocycles. The molecule has 0 aliphatic heterocycles. The smallest absolute Gasteiger partial charge is 0.338 e. The number of benzene rings is 1. The fraction of sp³-hybridized carbons (Fsp3) is 0.188. The number of amides is 1. The second-order valence-corrected chi connectivity index (χ2v) is 5.11. The van der Waals surface area contributed by atoms with Crippen LogP contribution in [-0.4, -0.2) is 29.7 Å². The van der Waals surface area contributed by atoms with Gasteiger partial charge in [-0.25, -0.2) is 9.78 Å². The third kappa shape index (κ3) is 3.85. The van der Waals surface area contributed by atoms with Crippen LogP contribution in [0, 0.1) is 0 Å². The van der Waals surface area contributed by atoms with E-state index in [1.54, 1.807) is 49.5 Å². The van der Waals surface area contributed by atoms with Gasteiger partial charge < -0.3 is 10.1 Å². The zero-order valence-electron chi connectivity index (χ0n) is 12.3. The first-order valence-corrected chi connectivity index (χ1v) is 7.95. The molecule has 0 radical (unpaired) electrons. The van der Waals surface area contributed by atoms with E-state index >= 15 is 0 Å². The zero-order valence-corrected chi connectivity index (χ0v) is 13.1. The molecule has 0 aliphatic carbocycles. The predicted octanol–water partition coefficient (Wildman–Crippen LogP) is 3.23. The lowest BCUT2D eigenvalue weighted by Crippen LogP contribution is -2.13. The molecule has 0 saturated carbocycles. The summed E-state index contributed by atoms with van der Waals surface area (Å²) in [7, 11) is 0. The maximum absolute atomic E-state index is 12.3. The number of carbonyl (C=O) groups is 2. The van der Waals surface area contributed by atoms with Crippen LogP contribution in [0.15, 0.2) is 47.6 Å². The van der Waals surface area contributed by atoms with E-state index in [2.05, 4.69) is 10.3 Å². The molecule has 0 bridgehead atoms. The molecule has 5 nitrogen and oxygen atoms in total. The summed E-state index contributed by atoms with van der Waals surface area (Å²) >= 11 is 1.41. The van der Waals surface area contributed by atoms with E-state index in [1.165, 1.54) is 11.8 Å². The summed E-state index contributed by atoms with van der Waals surface area (Å²) in [6, 6.07) is 10.0. The Labute approximate surface area is 133 Å². The lowest BCUT2D eigenvalue weighted by atomic mass is 10.2. The van der Waals surface area contributed by atoms with Gasteiger partial charge in [-0.2, -0.15) is 0 Å². The molecule has 0 spiro atoms. The minimum absolute atomic E-state index is 0.235. The van der Waals surface area contributed by atoms with Gasteiger partial charge in [-0.05, 0) is 49.6 Å². The van der Waals surface area contributed by atoms with Gasteiger partial charge in [0.25, 0.3) is 5.91 Å². The summed E-state index contributed by atoms with van der Waals surface area (Å²) in [5.41, 5.74) is 1.57. The minimum Gasteiger partial charge on any atom is -0.462 e. The van der Waals surface area contributed by atoms with E-state index in [9.17, 15) is 9.59 Å². The maximum atomic E-state index is 12.3. The standard InChI is InChI=1S/C16H16N2O3S/c1-3-21-16(20)11-6-8-12(9-7-11)18-14(19)13-5-4-10-17-15(13)22-2/h4-10H,3H2,1-2H3,(H,18,19). The van der Waals surface area contributed by atoms with Crippen molar-refractivity contribution in [3.8, 4) is 0 Å². The maximum Gasteiger partial charge on any atom is 0.338 e. The number of esters is 1. The Morgan fingerprint density at radius 2 is 1.95 bits per heavy atom. The van der Waals surface area contributed by atoms with E-state index in [4.69, 9.17) is 4.74 Å². The molecule has 22 heavy (non-hydrogen) atoms. The summed E-state index contributed by atoms with van der Waals surface area (Å²) in [5.74, 6) is -0.612. The van der Waals surface area contributed by atoms with Crippen LogP contribution in [0.3, 0.4) is 0 Å². The molecule has 114 valence electrons. The van der Waals surface area contributed by atoms with Gasteiger partial charge in [0, 0.05) is 11.9 Å². The van der Waals surface area contributed by atoms with Crippen LogP contribution in [0.4, 0.5) is 5.69 Å². The van der Waals surface area contributed by atoms with Gasteiger partial charge in [0.05, 0.1) is 17.7 Å². The molecule has 1 N–H and O–H groups in total. The van der Waals surface area contributed by atoms with Crippen LogP contribution in [0.25, 0.3) is 0 Å². The highest BCUT2D eigenvalue weighted by atomic mass is 32.2. The van der Waals surface area contributed by atoms with Crippen molar-refractivity contribution >= 4 is 29.3 Å². The van der Waals surface area contributed by atoms with E-state index in [0.717, 1.165) is 0 Å². The lowest BCUT2D eigenvalue weighted by Gasteiger charge is -2.08. The van der Waals surface area contributed by atoms with Gasteiger partial charge in [-0.15, -0.1) is 11.8 Å². The molecule has 1 heterocycles. The lowest BCUT2D eigenvalue weighted by molar-refractivity contribution is 0.0526. The van der Waals surface area contributed by atoms with E-state index < -0.39 is 0 Å². The van der Waals surface area contributed by atoms with Crippen molar-refractivity contribution in [1.29, 1.82) is 0 Å². The van der Waals surface area contributed by atoms with E-state index in [1.807, 2.05) is 6.26 Å². The molecule has 6 heteroatoms. The second-order valence-electron chi connectivity index (χ2n) is 4.31. The second kappa shape index (κ2) is 7.61. The fourth-order valence-electron chi connectivity index (χ4n) is 1.83. The van der Waals surface area contributed by atoms with Gasteiger partial charge in [0.2, 0.25) is 0 Å². The number of hydrogen-bond donors (Lipinski definition) is 1. The van der Waals surface area contributed by atoms with Gasteiger partial charge in [-0.3, -0.25) is 4.79 Å². The minimum atomic E-state index is -0.377. The average molecular weight is 316 g/mol. The van der Waals surface area contributed by atoms with Crippen molar-refractivity contribution in [3.05, 3.63) is 53.7 Å². The highest BCUT2D eigenvalue weighted by molar-refractivity contribution is 7.98. The van der Waals surface area contributed by atoms with Gasteiger partial charge in [-0.1, -0.05) is 0 Å². The summed E-state index contributed by atoms with van der Waals surface area (Å²) < 4.78 is 4.91. The van der Waals surface area contributed by atoms with E-state index in [0.29, 0.717) is 28.4 Å². The number of anilines is 1. The molecule has 1 amide bonds. The Balaban J connectivity index is 2.10. The molecule has 1 aromatic heterocycles. The van der Waals surface area contributed by atoms with Crippen molar-refractivity contribution < 1.29 is 14.3 Å². The molecule has 2 rings (SSSR count). The summed E-state index contributed by atoms with van der Waals surface area (Å²) in [5, 5.41) is 3.46. The van der Waals surface area contributed by atoms with Crippen LogP contribution >= 0.6 is 11.8 Å². The Morgan fingerprint density at radius 1 is 1.23 bits per heavy atom. The molecule has 0 aliphatic rings. The van der Waals surface area contributed by atoms with Crippen LogP contribution in [-0.2, 0) is 4.74 Å². The number of aromatic nitrogens is 1. The average Bonchev–Trinajstić information content (AvgIpc) is 2.55. The Morgan fingerprint density at radius 3 is 2.59 bits per heavy atom. The zero-order chi connectivity index (χ0) is 15.9. The quantitative estimate of drug-likeness (QED) is 0.677. The van der Waals surface area contributed by atoms with Crippen LogP contribution in [0.2, 0.25) is 0 Å². The third-order valence-electron chi connectivity index (χ3n) is 2.86. The predicted molar refractivity (Wildman–Crippen MR) is 86.4 cm³/mol. The summed E-state index contributed by atoms with van der Waals surface area (Å²) in [6.07, 6.45) is 3.52. The number of nitrogens with one attached hydrogen (secondary N) is 1. The Hall–Kier alpha value is -2.34. The molecular weight excluding hydrogens is 300 g/mol. The van der Waals surface area contributed by atoms with Gasteiger partial charge >= 0.3 is 5.97 Å². The van der Waals surface area contributed by atoms with Crippen LogP contribution in [0.5, 0.6) is 0 Å². The largest absolute Gasteiger partial charge is 0.462 e. The highest BCUT2D eigenvalue weighted by Crippen LogP contribution is 2.19. The molecule has 2 aromatic rings. The van der Waals surface area contributed by atoms with Crippen molar-refractivity contribution in [2.45, 2.75) is 11.9 Å². The SMILES string of the molecule is CCOC(=O)c1ccc(NC(=O)c2cccnc2SC)cc1. The third-order valence-corrected chi connectivity index (χ3v) is 3.58. The number of rotatable bonds is 5. The first kappa shape index (κ1) is 16.0.